The first-order chi connectivity index (χ1) is 7.25. The average molecular weight is 217 g/mol. The summed E-state index contributed by atoms with van der Waals surface area (Å²) >= 11 is 0. The monoisotopic (exact) mass is 217 g/mol. The quantitative estimate of drug-likeness (QED) is 0.673. The lowest BCUT2D eigenvalue weighted by Crippen LogP contribution is -2.48. The van der Waals surface area contributed by atoms with Gasteiger partial charge < -0.3 is 19.3 Å². The van der Waals surface area contributed by atoms with E-state index in [4.69, 9.17) is 14.2 Å². The highest BCUT2D eigenvalue weighted by atomic mass is 16.6. The molecule has 0 aromatic rings. The van der Waals surface area contributed by atoms with Crippen LogP contribution in [0.2, 0.25) is 0 Å². The van der Waals surface area contributed by atoms with Crippen molar-refractivity contribution in [1.82, 2.24) is 5.32 Å². The lowest BCUT2D eigenvalue weighted by atomic mass is 10.1. The molecule has 0 bridgehead atoms. The van der Waals surface area contributed by atoms with Crippen molar-refractivity contribution in [2.24, 2.45) is 0 Å². The van der Waals surface area contributed by atoms with E-state index in [9.17, 15) is 5.11 Å². The molecule has 4 atom stereocenters. The Morgan fingerprint density at radius 1 is 1.40 bits per heavy atom. The Labute approximate surface area is 89.7 Å². The van der Waals surface area contributed by atoms with Gasteiger partial charge in [-0.2, -0.15) is 0 Å². The zero-order valence-electron chi connectivity index (χ0n) is 9.02. The van der Waals surface area contributed by atoms with Crippen molar-refractivity contribution >= 4 is 0 Å². The molecular formula is C10H19NO4. The smallest absolute Gasteiger partial charge is 0.155 e. The second-order valence-electron chi connectivity index (χ2n) is 4.07. The maximum Gasteiger partial charge on any atom is 0.155 e. The van der Waals surface area contributed by atoms with Crippen LogP contribution in [0.15, 0.2) is 0 Å². The van der Waals surface area contributed by atoms with E-state index >= 15 is 0 Å². The van der Waals surface area contributed by atoms with Gasteiger partial charge in [0.25, 0.3) is 0 Å². The van der Waals surface area contributed by atoms with E-state index in [0.29, 0.717) is 13.0 Å². The van der Waals surface area contributed by atoms with E-state index in [1.54, 1.807) is 0 Å². The van der Waals surface area contributed by atoms with Gasteiger partial charge in [0.2, 0.25) is 0 Å². The number of ether oxygens (including phenoxy) is 3. The van der Waals surface area contributed by atoms with E-state index in [1.165, 1.54) is 0 Å². The number of nitrogens with one attached hydrogen (secondary N) is 1. The van der Waals surface area contributed by atoms with Crippen LogP contribution in [0.25, 0.3) is 0 Å². The van der Waals surface area contributed by atoms with Crippen LogP contribution in [0.3, 0.4) is 0 Å². The predicted molar refractivity (Wildman–Crippen MR) is 53.3 cm³/mol. The highest BCUT2D eigenvalue weighted by Gasteiger charge is 2.30. The number of morpholine rings is 1. The Bertz CT molecular complexity index is 196. The molecule has 2 saturated heterocycles. The molecule has 15 heavy (non-hydrogen) atoms. The first-order valence-corrected chi connectivity index (χ1v) is 5.56. The molecule has 2 fully saturated rings. The van der Waals surface area contributed by atoms with Gasteiger partial charge in [0, 0.05) is 13.0 Å². The summed E-state index contributed by atoms with van der Waals surface area (Å²) in [5.74, 6) is 0. The number of hydrogen-bond donors (Lipinski definition) is 2. The maximum absolute atomic E-state index is 9.29. The first-order valence-electron chi connectivity index (χ1n) is 5.56. The highest BCUT2D eigenvalue weighted by molar-refractivity contribution is 4.75. The topological polar surface area (TPSA) is 60.0 Å². The molecule has 0 saturated carbocycles. The Morgan fingerprint density at radius 2 is 2.27 bits per heavy atom. The van der Waals surface area contributed by atoms with E-state index < -0.39 is 6.29 Å². The summed E-state index contributed by atoms with van der Waals surface area (Å²) in [6, 6.07) is 0. The van der Waals surface area contributed by atoms with Crippen molar-refractivity contribution in [3.8, 4) is 0 Å². The molecule has 0 aromatic carbocycles. The fourth-order valence-corrected chi connectivity index (χ4v) is 1.96. The molecule has 5 heteroatoms. The molecule has 2 heterocycles. The van der Waals surface area contributed by atoms with Crippen LogP contribution in [-0.4, -0.2) is 49.6 Å². The number of hydrogen-bond acceptors (Lipinski definition) is 5. The number of aliphatic hydroxyl groups is 1. The van der Waals surface area contributed by atoms with Gasteiger partial charge in [-0.25, -0.2) is 0 Å². The van der Waals surface area contributed by atoms with Crippen molar-refractivity contribution in [2.75, 3.05) is 19.8 Å². The fraction of sp³-hybridized carbons (Fsp3) is 1.00. The van der Waals surface area contributed by atoms with Crippen LogP contribution < -0.4 is 5.32 Å². The molecular weight excluding hydrogens is 198 g/mol. The summed E-state index contributed by atoms with van der Waals surface area (Å²) in [5.41, 5.74) is 0. The van der Waals surface area contributed by atoms with Gasteiger partial charge in [0.05, 0.1) is 25.4 Å². The predicted octanol–water partition coefficient (Wildman–Crippen LogP) is -0.165. The number of aliphatic hydroxyl groups excluding tert-OH is 1. The van der Waals surface area contributed by atoms with Gasteiger partial charge in [0.1, 0.15) is 6.23 Å². The zero-order valence-corrected chi connectivity index (χ0v) is 9.02. The molecule has 0 radical (unpaired) electrons. The van der Waals surface area contributed by atoms with Crippen molar-refractivity contribution in [3.05, 3.63) is 0 Å². The minimum Gasteiger partial charge on any atom is -0.376 e. The van der Waals surface area contributed by atoms with Gasteiger partial charge in [-0.15, -0.1) is 0 Å². The summed E-state index contributed by atoms with van der Waals surface area (Å²) in [6.45, 7) is 4.09. The van der Waals surface area contributed by atoms with Gasteiger partial charge in [-0.05, 0) is 13.3 Å². The van der Waals surface area contributed by atoms with Gasteiger partial charge in [-0.3, -0.25) is 5.32 Å². The lowest BCUT2D eigenvalue weighted by molar-refractivity contribution is -0.222. The van der Waals surface area contributed by atoms with Crippen molar-refractivity contribution in [2.45, 2.75) is 44.5 Å². The third kappa shape index (κ3) is 3.12. The van der Waals surface area contributed by atoms with Crippen LogP contribution in [0.4, 0.5) is 0 Å². The minimum atomic E-state index is -0.629. The minimum absolute atomic E-state index is 0.0370. The van der Waals surface area contributed by atoms with E-state index in [0.717, 1.165) is 19.6 Å². The van der Waals surface area contributed by atoms with Crippen molar-refractivity contribution < 1.29 is 19.3 Å². The number of rotatable bonds is 2. The molecule has 0 aliphatic carbocycles. The van der Waals surface area contributed by atoms with Gasteiger partial charge >= 0.3 is 0 Å². The van der Waals surface area contributed by atoms with Crippen LogP contribution in [-0.2, 0) is 14.2 Å². The summed E-state index contributed by atoms with van der Waals surface area (Å²) < 4.78 is 16.4. The van der Waals surface area contributed by atoms with Crippen LogP contribution in [0.5, 0.6) is 0 Å². The molecule has 2 aliphatic rings. The standard InChI is InChI=1S/C10H19NO4/c1-7-8(2-3-10(12)14-7)15-9-6-13-5-4-11-9/h7-12H,2-6H2,1H3/t7-,8?,9?,10?/m0/s1. The van der Waals surface area contributed by atoms with E-state index in [-0.39, 0.29) is 18.4 Å². The molecule has 2 rings (SSSR count). The maximum atomic E-state index is 9.29. The zero-order chi connectivity index (χ0) is 10.7. The SMILES string of the molecule is C[C@@H]1OC(O)CCC1OC1COCCN1. The summed E-state index contributed by atoms with van der Waals surface area (Å²) in [7, 11) is 0. The van der Waals surface area contributed by atoms with Crippen LogP contribution in [0.1, 0.15) is 19.8 Å². The molecule has 5 nitrogen and oxygen atoms in total. The Hall–Kier alpha value is -0.200. The Morgan fingerprint density at radius 3 is 2.93 bits per heavy atom. The summed E-state index contributed by atoms with van der Waals surface area (Å²) in [5, 5.41) is 12.5. The molecule has 0 spiro atoms. The van der Waals surface area contributed by atoms with E-state index in [1.807, 2.05) is 6.92 Å². The lowest BCUT2D eigenvalue weighted by Gasteiger charge is -2.35. The largest absolute Gasteiger partial charge is 0.376 e. The molecule has 0 amide bonds. The summed E-state index contributed by atoms with van der Waals surface area (Å²) in [4.78, 5) is 0. The molecule has 2 N–H and O–H groups in total. The van der Waals surface area contributed by atoms with Crippen LogP contribution >= 0.6 is 0 Å². The normalized spacial score (nSPS) is 42.8. The third-order valence-corrected chi connectivity index (χ3v) is 2.82. The van der Waals surface area contributed by atoms with Gasteiger partial charge in [0.15, 0.2) is 6.29 Å². The second-order valence-corrected chi connectivity index (χ2v) is 4.07. The third-order valence-electron chi connectivity index (χ3n) is 2.82. The second kappa shape index (κ2) is 5.23. The van der Waals surface area contributed by atoms with Crippen molar-refractivity contribution in [3.63, 3.8) is 0 Å². The molecule has 3 unspecified atom stereocenters. The fourth-order valence-electron chi connectivity index (χ4n) is 1.96. The van der Waals surface area contributed by atoms with E-state index in [2.05, 4.69) is 5.32 Å². The molecule has 2 aliphatic heterocycles. The molecule has 0 aromatic heterocycles. The summed E-state index contributed by atoms with van der Waals surface area (Å²) in [6.07, 6.45) is 0.800. The average Bonchev–Trinajstić information content (AvgIpc) is 2.24. The first kappa shape index (κ1) is 11.3. The Balaban J connectivity index is 1.77. The highest BCUT2D eigenvalue weighted by Crippen LogP contribution is 2.21. The van der Waals surface area contributed by atoms with Gasteiger partial charge in [-0.1, -0.05) is 0 Å². The Kier molecular flexibility index (Phi) is 3.93. The van der Waals surface area contributed by atoms with Crippen molar-refractivity contribution in [1.29, 1.82) is 0 Å². The van der Waals surface area contributed by atoms with Crippen LogP contribution in [0, 0.1) is 0 Å². The molecule has 88 valence electrons.